The second-order valence-electron chi connectivity index (χ2n) is 3.67. The van der Waals surface area contributed by atoms with Crippen molar-refractivity contribution in [1.82, 2.24) is 0 Å². The van der Waals surface area contributed by atoms with Gasteiger partial charge in [-0.1, -0.05) is 25.5 Å². The summed E-state index contributed by atoms with van der Waals surface area (Å²) in [5.41, 5.74) is 2.34. The smallest absolute Gasteiger partial charge is 0.0474 e. The van der Waals surface area contributed by atoms with E-state index in [1.54, 1.807) is 0 Å². The van der Waals surface area contributed by atoms with Gasteiger partial charge in [0.2, 0.25) is 0 Å². The summed E-state index contributed by atoms with van der Waals surface area (Å²) in [5, 5.41) is 3.46. The highest BCUT2D eigenvalue weighted by Gasteiger charge is 2.00. The second kappa shape index (κ2) is 5.92. The standard InChI is InChI=1S/C12H18ClN/c1-3-5-10(2)14-12-7-4-6-11(8-12)9-13/h4,6-8,10,14H,3,5,9H2,1-2H3. The van der Waals surface area contributed by atoms with Crippen LogP contribution in [0.25, 0.3) is 0 Å². The van der Waals surface area contributed by atoms with E-state index in [0.717, 1.165) is 0 Å². The van der Waals surface area contributed by atoms with Gasteiger partial charge in [-0.15, -0.1) is 11.6 Å². The number of halogens is 1. The molecule has 0 heterocycles. The SMILES string of the molecule is CCCC(C)Nc1cccc(CCl)c1. The van der Waals surface area contributed by atoms with Crippen molar-refractivity contribution in [3.8, 4) is 0 Å². The van der Waals surface area contributed by atoms with Gasteiger partial charge >= 0.3 is 0 Å². The molecule has 1 aromatic rings. The average molecular weight is 212 g/mol. The summed E-state index contributed by atoms with van der Waals surface area (Å²) in [6, 6.07) is 8.81. The Bertz CT molecular complexity index is 273. The fraction of sp³-hybridized carbons (Fsp3) is 0.500. The molecule has 0 aliphatic carbocycles. The van der Waals surface area contributed by atoms with Gasteiger partial charge in [-0.3, -0.25) is 0 Å². The van der Waals surface area contributed by atoms with Gasteiger partial charge in [0.05, 0.1) is 0 Å². The summed E-state index contributed by atoms with van der Waals surface area (Å²) in [7, 11) is 0. The van der Waals surface area contributed by atoms with Gasteiger partial charge in [0.1, 0.15) is 0 Å². The van der Waals surface area contributed by atoms with Crippen LogP contribution in [0.2, 0.25) is 0 Å². The molecule has 1 rings (SSSR count). The highest BCUT2D eigenvalue weighted by atomic mass is 35.5. The van der Waals surface area contributed by atoms with Gasteiger partial charge in [-0.05, 0) is 31.0 Å². The van der Waals surface area contributed by atoms with Gasteiger partial charge in [0.15, 0.2) is 0 Å². The van der Waals surface area contributed by atoms with Crippen LogP contribution in [0.1, 0.15) is 32.3 Å². The van der Waals surface area contributed by atoms with Crippen LogP contribution >= 0.6 is 11.6 Å². The first-order valence-electron chi connectivity index (χ1n) is 5.17. The molecule has 0 bridgehead atoms. The Morgan fingerprint density at radius 3 is 2.86 bits per heavy atom. The number of anilines is 1. The van der Waals surface area contributed by atoms with E-state index in [-0.39, 0.29) is 0 Å². The molecule has 1 aromatic carbocycles. The molecule has 0 fully saturated rings. The molecule has 0 saturated heterocycles. The summed E-state index contributed by atoms with van der Waals surface area (Å²) in [6.07, 6.45) is 2.41. The third-order valence-electron chi connectivity index (χ3n) is 2.22. The molecule has 78 valence electrons. The Labute approximate surface area is 91.5 Å². The van der Waals surface area contributed by atoms with E-state index >= 15 is 0 Å². The quantitative estimate of drug-likeness (QED) is 0.726. The Hall–Kier alpha value is -0.690. The molecule has 0 aliphatic heterocycles. The lowest BCUT2D eigenvalue weighted by atomic mass is 10.1. The first-order valence-corrected chi connectivity index (χ1v) is 5.71. The van der Waals surface area contributed by atoms with Crippen LogP contribution in [0.3, 0.4) is 0 Å². The molecule has 2 heteroatoms. The number of hydrogen-bond donors (Lipinski definition) is 1. The summed E-state index contributed by atoms with van der Waals surface area (Å²) < 4.78 is 0. The molecule has 0 spiro atoms. The lowest BCUT2D eigenvalue weighted by molar-refractivity contribution is 0.690. The summed E-state index contributed by atoms with van der Waals surface area (Å²) in [4.78, 5) is 0. The van der Waals surface area contributed by atoms with Gasteiger partial charge in [0.25, 0.3) is 0 Å². The molecule has 14 heavy (non-hydrogen) atoms. The minimum absolute atomic E-state index is 0.533. The average Bonchev–Trinajstić information content (AvgIpc) is 2.18. The Morgan fingerprint density at radius 2 is 2.21 bits per heavy atom. The fourth-order valence-electron chi connectivity index (χ4n) is 1.53. The van der Waals surface area contributed by atoms with Crippen LogP contribution in [-0.2, 0) is 5.88 Å². The van der Waals surface area contributed by atoms with E-state index in [2.05, 4.69) is 31.3 Å². The molecule has 1 atom stereocenters. The van der Waals surface area contributed by atoms with Crippen LogP contribution in [0.5, 0.6) is 0 Å². The zero-order valence-corrected chi connectivity index (χ0v) is 9.64. The largest absolute Gasteiger partial charge is 0.383 e. The summed E-state index contributed by atoms with van der Waals surface area (Å²) in [6.45, 7) is 4.41. The molecule has 0 aliphatic rings. The van der Waals surface area contributed by atoms with Crippen molar-refractivity contribution >= 4 is 17.3 Å². The third kappa shape index (κ3) is 3.59. The van der Waals surface area contributed by atoms with Crippen LogP contribution in [0.15, 0.2) is 24.3 Å². The molecule has 0 saturated carbocycles. The van der Waals surface area contributed by atoms with Crippen molar-refractivity contribution in [3.63, 3.8) is 0 Å². The van der Waals surface area contributed by atoms with Crippen molar-refractivity contribution in [1.29, 1.82) is 0 Å². The van der Waals surface area contributed by atoms with Crippen molar-refractivity contribution in [2.45, 2.75) is 38.6 Å². The van der Waals surface area contributed by atoms with E-state index in [4.69, 9.17) is 11.6 Å². The maximum absolute atomic E-state index is 5.77. The molecule has 1 unspecified atom stereocenters. The van der Waals surface area contributed by atoms with Gasteiger partial charge < -0.3 is 5.32 Å². The fourth-order valence-corrected chi connectivity index (χ4v) is 1.70. The van der Waals surface area contributed by atoms with E-state index < -0.39 is 0 Å². The maximum Gasteiger partial charge on any atom is 0.0474 e. The zero-order valence-electron chi connectivity index (χ0n) is 8.89. The number of benzene rings is 1. The van der Waals surface area contributed by atoms with E-state index in [1.807, 2.05) is 12.1 Å². The monoisotopic (exact) mass is 211 g/mol. The molecule has 0 aromatic heterocycles. The third-order valence-corrected chi connectivity index (χ3v) is 2.52. The highest BCUT2D eigenvalue weighted by Crippen LogP contribution is 2.14. The van der Waals surface area contributed by atoms with Crippen molar-refractivity contribution in [2.75, 3.05) is 5.32 Å². The lowest BCUT2D eigenvalue weighted by Crippen LogP contribution is -2.14. The lowest BCUT2D eigenvalue weighted by Gasteiger charge is -2.14. The van der Waals surface area contributed by atoms with Crippen LogP contribution in [0, 0.1) is 0 Å². The number of rotatable bonds is 5. The van der Waals surface area contributed by atoms with Crippen molar-refractivity contribution < 1.29 is 0 Å². The predicted molar refractivity (Wildman–Crippen MR) is 64.0 cm³/mol. The van der Waals surface area contributed by atoms with E-state index in [0.29, 0.717) is 11.9 Å². The molecule has 0 radical (unpaired) electrons. The van der Waals surface area contributed by atoms with Gasteiger partial charge in [0, 0.05) is 17.6 Å². The molecule has 0 amide bonds. The zero-order chi connectivity index (χ0) is 10.4. The summed E-state index contributed by atoms with van der Waals surface area (Å²) >= 11 is 5.77. The first kappa shape index (κ1) is 11.4. The summed E-state index contributed by atoms with van der Waals surface area (Å²) in [5.74, 6) is 0.581. The number of nitrogens with one attached hydrogen (secondary N) is 1. The minimum atomic E-state index is 0.533. The van der Waals surface area contributed by atoms with E-state index in [9.17, 15) is 0 Å². The molecular formula is C12H18ClN. The van der Waals surface area contributed by atoms with Crippen LogP contribution < -0.4 is 5.32 Å². The normalized spacial score (nSPS) is 12.5. The van der Waals surface area contributed by atoms with Crippen molar-refractivity contribution in [2.24, 2.45) is 0 Å². The Balaban J connectivity index is 2.57. The van der Waals surface area contributed by atoms with Crippen LogP contribution in [0.4, 0.5) is 5.69 Å². The van der Waals surface area contributed by atoms with Crippen molar-refractivity contribution in [3.05, 3.63) is 29.8 Å². The molecular weight excluding hydrogens is 194 g/mol. The Morgan fingerprint density at radius 1 is 1.43 bits per heavy atom. The Kier molecular flexibility index (Phi) is 4.81. The predicted octanol–water partition coefficient (Wildman–Crippen LogP) is 4.03. The maximum atomic E-state index is 5.77. The molecule has 1 nitrogen and oxygen atoms in total. The second-order valence-corrected chi connectivity index (χ2v) is 3.94. The van der Waals surface area contributed by atoms with Gasteiger partial charge in [-0.2, -0.15) is 0 Å². The van der Waals surface area contributed by atoms with Crippen LogP contribution in [-0.4, -0.2) is 6.04 Å². The minimum Gasteiger partial charge on any atom is -0.383 e. The molecule has 1 N–H and O–H groups in total. The topological polar surface area (TPSA) is 12.0 Å². The number of alkyl halides is 1. The van der Waals surface area contributed by atoms with Gasteiger partial charge in [-0.25, -0.2) is 0 Å². The van der Waals surface area contributed by atoms with E-state index in [1.165, 1.54) is 24.1 Å². The number of hydrogen-bond acceptors (Lipinski definition) is 1. The highest BCUT2D eigenvalue weighted by molar-refractivity contribution is 6.17. The first-order chi connectivity index (χ1) is 6.76.